The van der Waals surface area contributed by atoms with E-state index in [0.717, 1.165) is 87.7 Å². The molecule has 2 fully saturated rings. The van der Waals surface area contributed by atoms with Crippen molar-refractivity contribution in [2.24, 2.45) is 11.3 Å². The lowest BCUT2D eigenvalue weighted by Crippen LogP contribution is -2.97. The van der Waals surface area contributed by atoms with Crippen molar-refractivity contribution in [3.05, 3.63) is 79.5 Å². The van der Waals surface area contributed by atoms with Crippen LogP contribution >= 0.6 is 0 Å². The van der Waals surface area contributed by atoms with E-state index in [-0.39, 0.29) is 11.5 Å². The maximum atomic E-state index is 12.8. The van der Waals surface area contributed by atoms with E-state index in [1.165, 1.54) is 29.2 Å². The molecule has 0 amide bonds. The summed E-state index contributed by atoms with van der Waals surface area (Å²) in [6, 6.07) is 11.2. The van der Waals surface area contributed by atoms with Crippen LogP contribution in [0.3, 0.4) is 0 Å². The van der Waals surface area contributed by atoms with E-state index in [1.807, 2.05) is 6.20 Å². The molecule has 214 valence electrons. The summed E-state index contributed by atoms with van der Waals surface area (Å²) >= 11 is 0. The standard InChI is InChI=1S/C36H44N4O/c1-2-3-4-9-14-26-23-35-25-40-21-13-8-6-5-7-12-19-36(41,34(35)38-26)24-29(30(35)18-22-40)32-33-28(17-20-37-32)27-15-10-11-16-31(27)39-33/h1,5,7,9-11,14-17,20,24,26,30,34,38-39,41H,2-4,6,8,12-13,18-19,21-23,25H2/p+1/b7-5-,14-9-/t26?,30-,34+,35-,36-/m0/s1. The van der Waals surface area contributed by atoms with Gasteiger partial charge in [-0.3, -0.25) is 4.98 Å². The van der Waals surface area contributed by atoms with Gasteiger partial charge in [0.15, 0.2) is 0 Å². The van der Waals surface area contributed by atoms with Gasteiger partial charge in [0, 0.05) is 35.5 Å². The fourth-order valence-electron chi connectivity index (χ4n) is 8.82. The molecule has 5 heteroatoms. The highest BCUT2D eigenvalue weighted by Crippen LogP contribution is 2.57. The van der Waals surface area contributed by atoms with E-state index in [0.29, 0.717) is 12.0 Å². The van der Waals surface area contributed by atoms with Gasteiger partial charge in [-0.05, 0) is 114 Å². The Hall–Kier alpha value is -2.73. The number of aromatic nitrogens is 2. The molecule has 0 saturated carbocycles. The number of para-hydroxylation sites is 1. The van der Waals surface area contributed by atoms with Crippen LogP contribution < -0.4 is 5.32 Å². The minimum absolute atomic E-state index is 0.00636. The normalized spacial score (nSPS) is 34.7. The Morgan fingerprint density at radius 3 is 2.95 bits per heavy atom. The Morgan fingerprint density at radius 2 is 2.02 bits per heavy atom. The number of benzene rings is 1. The van der Waals surface area contributed by atoms with Crippen LogP contribution in [-0.2, 0) is 0 Å². The zero-order valence-corrected chi connectivity index (χ0v) is 24.3. The summed E-state index contributed by atoms with van der Waals surface area (Å²) in [4.78, 5) is 11.5. The first-order valence-electron chi connectivity index (χ1n) is 16.0. The number of nitrogens with two attached hydrogens (primary N) is 1. The number of quaternary nitrogens is 1. The molecule has 4 N–H and O–H groups in total. The molecule has 4 aliphatic rings. The number of hydrogen-bond donors (Lipinski definition) is 3. The van der Waals surface area contributed by atoms with Crippen LogP contribution in [0.2, 0.25) is 0 Å². The third-order valence-corrected chi connectivity index (χ3v) is 10.6. The number of allylic oxidation sites excluding steroid dienone is 4. The van der Waals surface area contributed by atoms with Gasteiger partial charge in [-0.2, -0.15) is 0 Å². The number of fused-ring (bicyclic) bond motifs is 4. The van der Waals surface area contributed by atoms with Gasteiger partial charge < -0.3 is 20.3 Å². The van der Waals surface area contributed by atoms with Crippen molar-refractivity contribution in [1.29, 1.82) is 0 Å². The molecule has 2 aromatic heterocycles. The molecule has 2 radical (unpaired) electrons. The van der Waals surface area contributed by atoms with Crippen molar-refractivity contribution < 1.29 is 10.4 Å². The van der Waals surface area contributed by atoms with Gasteiger partial charge in [-0.15, -0.1) is 0 Å². The summed E-state index contributed by atoms with van der Waals surface area (Å²) in [7, 11) is 0. The van der Waals surface area contributed by atoms with Crippen LogP contribution in [0.15, 0.2) is 66.9 Å². The molecule has 7 rings (SSSR count). The summed E-state index contributed by atoms with van der Waals surface area (Å²) < 4.78 is 0. The third-order valence-electron chi connectivity index (χ3n) is 10.6. The topological polar surface area (TPSA) is 68.8 Å². The van der Waals surface area contributed by atoms with Crippen molar-refractivity contribution in [3.63, 3.8) is 0 Å². The third kappa shape index (κ3) is 4.80. The van der Waals surface area contributed by atoms with Crippen LogP contribution in [0.5, 0.6) is 0 Å². The number of hydrogen-bond acceptors (Lipinski definition) is 3. The number of aromatic amines is 1. The lowest BCUT2D eigenvalue weighted by atomic mass is 9.55. The molecule has 6 atom stereocenters. The second-order valence-electron chi connectivity index (χ2n) is 13.1. The Bertz CT molecular complexity index is 1490. The summed E-state index contributed by atoms with van der Waals surface area (Å²) in [6.45, 7) is 9.10. The maximum Gasteiger partial charge on any atom is 0.136 e. The van der Waals surface area contributed by atoms with Crippen molar-refractivity contribution in [1.82, 2.24) is 14.9 Å². The van der Waals surface area contributed by atoms with Crippen molar-refractivity contribution >= 4 is 27.4 Å². The quantitative estimate of drug-likeness (QED) is 0.278. The number of piperidine rings is 1. The van der Waals surface area contributed by atoms with Crippen LogP contribution in [0, 0.1) is 18.3 Å². The first kappa shape index (κ1) is 27.1. The number of aliphatic hydroxyl groups is 1. The Morgan fingerprint density at radius 1 is 1.12 bits per heavy atom. The summed E-state index contributed by atoms with van der Waals surface area (Å²) in [5, 5.41) is 17.8. The lowest BCUT2D eigenvalue weighted by molar-refractivity contribution is -0.711. The second kappa shape index (κ2) is 11.2. The van der Waals surface area contributed by atoms with Crippen LogP contribution in [0.25, 0.3) is 27.4 Å². The average molecular weight is 550 g/mol. The van der Waals surface area contributed by atoms with Gasteiger partial charge in [-0.1, -0.05) is 36.4 Å². The van der Waals surface area contributed by atoms with Crippen molar-refractivity contribution in [2.75, 3.05) is 19.6 Å². The van der Waals surface area contributed by atoms with E-state index in [9.17, 15) is 5.11 Å². The molecule has 5 heterocycles. The SMILES string of the molecule is [CH]CCC/C=C\C1C[C@]23CN4CCCC/C=C\CC[C@](O)(C=C(c5nccc6c5[nH]c5ccccc56)[C@@H]2CC4)[C@@H]3[NH2+]1. The predicted octanol–water partition coefficient (Wildman–Crippen LogP) is 5.81. The summed E-state index contributed by atoms with van der Waals surface area (Å²) in [5.74, 6) is 0.368. The molecule has 3 aromatic rings. The van der Waals surface area contributed by atoms with Gasteiger partial charge in [-0.25, -0.2) is 0 Å². The number of nitrogens with zero attached hydrogens (tertiary/aromatic N) is 2. The van der Waals surface area contributed by atoms with E-state index in [4.69, 9.17) is 11.9 Å². The van der Waals surface area contributed by atoms with Gasteiger partial charge in [0.05, 0.1) is 16.6 Å². The molecule has 1 aromatic carbocycles. The fraction of sp³-hybridized carbons (Fsp3) is 0.500. The fourth-order valence-corrected chi connectivity index (χ4v) is 8.82. The number of H-pyrrole nitrogens is 1. The lowest BCUT2D eigenvalue weighted by Gasteiger charge is -2.54. The number of rotatable bonds is 5. The monoisotopic (exact) mass is 549 g/mol. The molecule has 3 aliphatic heterocycles. The smallest absolute Gasteiger partial charge is 0.136 e. The van der Waals surface area contributed by atoms with Gasteiger partial charge in [0.1, 0.15) is 17.7 Å². The number of nitrogens with one attached hydrogen (secondary N) is 1. The highest BCUT2D eigenvalue weighted by Gasteiger charge is 2.66. The number of pyridine rings is 1. The second-order valence-corrected chi connectivity index (χ2v) is 13.1. The van der Waals surface area contributed by atoms with Gasteiger partial charge >= 0.3 is 0 Å². The van der Waals surface area contributed by atoms with E-state index in [2.05, 4.69) is 75.9 Å². The molecule has 2 saturated heterocycles. The summed E-state index contributed by atoms with van der Waals surface area (Å²) in [5.41, 5.74) is 3.65. The van der Waals surface area contributed by atoms with E-state index in [1.54, 1.807) is 0 Å². The first-order chi connectivity index (χ1) is 20.1. The molecule has 41 heavy (non-hydrogen) atoms. The van der Waals surface area contributed by atoms with Gasteiger partial charge in [0.2, 0.25) is 0 Å². The molecule has 1 spiro atoms. The molecular weight excluding hydrogens is 504 g/mol. The number of unbranched alkanes of at least 4 members (excludes halogenated alkanes) is 2. The van der Waals surface area contributed by atoms with Crippen LogP contribution in [0.1, 0.15) is 69.9 Å². The molecule has 2 unspecified atom stereocenters. The minimum atomic E-state index is -0.900. The highest BCUT2D eigenvalue weighted by molar-refractivity contribution is 6.09. The Balaban J connectivity index is 1.37. The largest absolute Gasteiger partial charge is 0.379 e. The van der Waals surface area contributed by atoms with E-state index >= 15 is 0 Å². The Kier molecular flexibility index (Phi) is 7.39. The molecule has 5 nitrogen and oxygen atoms in total. The van der Waals surface area contributed by atoms with Gasteiger partial charge in [0.25, 0.3) is 0 Å². The molecule has 3 bridgehead atoms. The Labute approximate surface area is 244 Å². The maximum absolute atomic E-state index is 12.8. The predicted molar refractivity (Wildman–Crippen MR) is 167 cm³/mol. The zero-order valence-electron chi connectivity index (χ0n) is 24.3. The average Bonchev–Trinajstić information content (AvgIpc) is 3.55. The van der Waals surface area contributed by atoms with Crippen LogP contribution in [0.4, 0.5) is 0 Å². The highest BCUT2D eigenvalue weighted by atomic mass is 16.3. The zero-order chi connectivity index (χ0) is 27.9. The van der Waals surface area contributed by atoms with Crippen molar-refractivity contribution in [3.8, 4) is 0 Å². The first-order valence-corrected chi connectivity index (χ1v) is 16.0. The molecule has 1 aliphatic carbocycles. The summed E-state index contributed by atoms with van der Waals surface area (Å²) in [6.07, 6.45) is 23.9. The minimum Gasteiger partial charge on any atom is -0.379 e. The molecular formula is C36H45N4O+. The van der Waals surface area contributed by atoms with Crippen LogP contribution in [-0.4, -0.2) is 57.3 Å². The van der Waals surface area contributed by atoms with Crippen molar-refractivity contribution in [2.45, 2.75) is 81.9 Å². The van der Waals surface area contributed by atoms with E-state index < -0.39 is 5.60 Å².